The summed E-state index contributed by atoms with van der Waals surface area (Å²) < 4.78 is 19.4. The molecule has 0 bridgehead atoms. The van der Waals surface area contributed by atoms with Crippen molar-refractivity contribution >= 4 is 17.6 Å². The van der Waals surface area contributed by atoms with Gasteiger partial charge in [0.15, 0.2) is 0 Å². The number of piperidine rings is 1. The van der Waals surface area contributed by atoms with Crippen molar-refractivity contribution in [2.24, 2.45) is 11.8 Å². The number of nitro benzene ring substituents is 1. The lowest BCUT2D eigenvalue weighted by molar-refractivity contribution is -0.384. The molecule has 3 fully saturated rings. The van der Waals surface area contributed by atoms with Gasteiger partial charge < -0.3 is 20.1 Å². The second-order valence-corrected chi connectivity index (χ2v) is 12.7. The third-order valence-corrected chi connectivity index (χ3v) is 9.64. The van der Waals surface area contributed by atoms with E-state index >= 15 is 0 Å². The van der Waals surface area contributed by atoms with Crippen LogP contribution in [0.25, 0.3) is 0 Å². The van der Waals surface area contributed by atoms with Crippen LogP contribution in [0.15, 0.2) is 60.7 Å². The van der Waals surface area contributed by atoms with Crippen molar-refractivity contribution in [2.45, 2.75) is 63.1 Å². The molecule has 11 heteroatoms. The van der Waals surface area contributed by atoms with Crippen LogP contribution in [0, 0.1) is 27.8 Å². The third-order valence-electron chi connectivity index (χ3n) is 9.64. The second-order valence-electron chi connectivity index (χ2n) is 12.7. The van der Waals surface area contributed by atoms with Crippen LogP contribution in [0.4, 0.5) is 10.1 Å². The number of carboxylic acids is 1. The lowest BCUT2D eigenvalue weighted by atomic mass is 9.80. The van der Waals surface area contributed by atoms with Crippen molar-refractivity contribution in [1.82, 2.24) is 15.1 Å². The summed E-state index contributed by atoms with van der Waals surface area (Å²) in [5.41, 5.74) is 1.61. The number of nitro groups is 1. The molecule has 3 aliphatic rings. The molecule has 2 aromatic rings. The van der Waals surface area contributed by atoms with Crippen LogP contribution in [0.5, 0.6) is 0 Å². The van der Waals surface area contributed by atoms with Crippen molar-refractivity contribution in [1.29, 1.82) is 0 Å². The molecule has 3 atom stereocenters. The number of esters is 1. The van der Waals surface area contributed by atoms with E-state index in [4.69, 9.17) is 4.74 Å². The standard InChI is InChI=1S/C34H43FN4O6/c35-28-7-2-6-26(19-28)31-22-38(32(34(41)42)18-24-4-1-5-24)21-27(31)20-37-16-13-29(14-17-37)36-15-3-8-33(40)45-23-25-9-11-30(12-10-25)39(43)44/h2-3,6-12,19,24,27,29,31-32,36H,1,4-5,13-18,20-23H2,(H,41,42)/t27-,31+,32+/m0/s1. The second kappa shape index (κ2) is 15.6. The van der Waals surface area contributed by atoms with Crippen molar-refractivity contribution in [2.75, 3.05) is 39.3 Å². The van der Waals surface area contributed by atoms with E-state index < -0.39 is 22.9 Å². The largest absolute Gasteiger partial charge is 0.480 e. The van der Waals surface area contributed by atoms with Crippen LogP contribution < -0.4 is 5.32 Å². The number of nitrogens with zero attached hydrogens (tertiary/aromatic N) is 3. The van der Waals surface area contributed by atoms with E-state index in [0.717, 1.165) is 50.9 Å². The summed E-state index contributed by atoms with van der Waals surface area (Å²) in [5, 5.41) is 24.3. The molecular weight excluding hydrogens is 579 g/mol. The number of hydrogen-bond donors (Lipinski definition) is 2. The summed E-state index contributed by atoms with van der Waals surface area (Å²) in [6.07, 6.45) is 9.15. The first-order valence-corrected chi connectivity index (χ1v) is 16.0. The van der Waals surface area contributed by atoms with Crippen LogP contribution in [-0.4, -0.2) is 83.1 Å². The summed E-state index contributed by atoms with van der Waals surface area (Å²) in [5.74, 6) is -0.676. The number of likely N-dealkylation sites (tertiary alicyclic amines) is 2. The first kappa shape index (κ1) is 32.7. The van der Waals surface area contributed by atoms with Crippen LogP contribution in [0.1, 0.15) is 55.6 Å². The molecule has 5 rings (SSSR count). The average Bonchev–Trinajstić information content (AvgIpc) is 3.41. The number of ether oxygens (including phenoxy) is 1. The number of carboxylic acid groups (broad SMARTS) is 1. The molecule has 45 heavy (non-hydrogen) atoms. The predicted molar refractivity (Wildman–Crippen MR) is 167 cm³/mol. The molecule has 242 valence electrons. The minimum atomic E-state index is -0.751. The number of halogens is 1. The molecule has 0 aromatic heterocycles. The van der Waals surface area contributed by atoms with E-state index in [0.29, 0.717) is 43.6 Å². The Bertz CT molecular complexity index is 1340. The minimum Gasteiger partial charge on any atom is -0.480 e. The molecule has 0 amide bonds. The summed E-state index contributed by atoms with van der Waals surface area (Å²) >= 11 is 0. The summed E-state index contributed by atoms with van der Waals surface area (Å²) in [4.78, 5) is 39.2. The van der Waals surface area contributed by atoms with E-state index in [2.05, 4.69) is 15.1 Å². The van der Waals surface area contributed by atoms with Crippen LogP contribution in [0.2, 0.25) is 0 Å². The first-order valence-electron chi connectivity index (χ1n) is 16.0. The maximum Gasteiger partial charge on any atom is 0.330 e. The van der Waals surface area contributed by atoms with Gasteiger partial charge in [-0.05, 0) is 79.6 Å². The molecule has 0 radical (unpaired) electrons. The number of carbonyl (C=O) groups is 2. The molecule has 2 aliphatic heterocycles. The number of non-ortho nitro benzene ring substituents is 1. The van der Waals surface area contributed by atoms with Gasteiger partial charge in [0, 0.05) is 56.3 Å². The molecule has 0 unspecified atom stereocenters. The zero-order valence-corrected chi connectivity index (χ0v) is 25.6. The monoisotopic (exact) mass is 622 g/mol. The highest BCUT2D eigenvalue weighted by Gasteiger charge is 2.41. The molecule has 2 N–H and O–H groups in total. The van der Waals surface area contributed by atoms with E-state index in [1.807, 2.05) is 6.07 Å². The van der Waals surface area contributed by atoms with E-state index in [1.54, 1.807) is 30.3 Å². The number of benzene rings is 2. The smallest absolute Gasteiger partial charge is 0.330 e. The molecule has 0 spiro atoms. The zero-order valence-electron chi connectivity index (χ0n) is 25.6. The van der Waals surface area contributed by atoms with Crippen molar-refractivity contribution in [3.63, 3.8) is 0 Å². The first-order chi connectivity index (χ1) is 21.7. The van der Waals surface area contributed by atoms with Gasteiger partial charge in [-0.2, -0.15) is 0 Å². The Morgan fingerprint density at radius 3 is 2.51 bits per heavy atom. The molecule has 2 saturated heterocycles. The summed E-state index contributed by atoms with van der Waals surface area (Å²) in [7, 11) is 0. The zero-order chi connectivity index (χ0) is 31.8. The van der Waals surface area contributed by atoms with E-state index in [9.17, 15) is 29.2 Å². The highest BCUT2D eigenvalue weighted by atomic mass is 19.1. The Labute approximate surface area is 263 Å². The fourth-order valence-corrected chi connectivity index (χ4v) is 6.87. The van der Waals surface area contributed by atoms with Gasteiger partial charge in [-0.3, -0.25) is 19.8 Å². The lowest BCUT2D eigenvalue weighted by Crippen LogP contribution is -2.45. The van der Waals surface area contributed by atoms with Crippen molar-refractivity contribution in [3.05, 3.63) is 87.7 Å². The van der Waals surface area contributed by atoms with Gasteiger partial charge in [0.25, 0.3) is 5.69 Å². The van der Waals surface area contributed by atoms with Gasteiger partial charge in [0.05, 0.1) is 4.92 Å². The van der Waals surface area contributed by atoms with Crippen molar-refractivity contribution < 1.29 is 28.7 Å². The predicted octanol–water partition coefficient (Wildman–Crippen LogP) is 4.75. The highest BCUT2D eigenvalue weighted by molar-refractivity contribution is 5.81. The fraction of sp³-hybridized carbons (Fsp3) is 0.529. The number of hydrogen-bond acceptors (Lipinski definition) is 8. The Morgan fingerprint density at radius 2 is 1.87 bits per heavy atom. The lowest BCUT2D eigenvalue weighted by Gasteiger charge is -2.35. The van der Waals surface area contributed by atoms with Crippen LogP contribution in [-0.2, 0) is 20.9 Å². The fourth-order valence-electron chi connectivity index (χ4n) is 6.87. The topological polar surface area (TPSA) is 125 Å². The molecule has 10 nitrogen and oxygen atoms in total. The quantitative estimate of drug-likeness (QED) is 0.133. The Kier molecular flexibility index (Phi) is 11.3. The highest BCUT2D eigenvalue weighted by Crippen LogP contribution is 2.38. The van der Waals surface area contributed by atoms with Gasteiger partial charge in [-0.1, -0.05) is 37.5 Å². The van der Waals surface area contributed by atoms with Crippen molar-refractivity contribution in [3.8, 4) is 0 Å². The van der Waals surface area contributed by atoms with Crippen LogP contribution in [0.3, 0.4) is 0 Å². The van der Waals surface area contributed by atoms with Gasteiger partial charge in [0.1, 0.15) is 18.5 Å². The molecule has 2 aromatic carbocycles. The van der Waals surface area contributed by atoms with Gasteiger partial charge in [0.2, 0.25) is 0 Å². The third kappa shape index (κ3) is 9.18. The molecular formula is C34H43FN4O6. The molecule has 1 aliphatic carbocycles. The number of aliphatic carboxylic acids is 1. The Morgan fingerprint density at radius 1 is 1.11 bits per heavy atom. The normalized spacial score (nSPS) is 22.3. The Balaban J connectivity index is 1.07. The summed E-state index contributed by atoms with van der Waals surface area (Å²) in [6.45, 7) is 4.59. The van der Waals surface area contributed by atoms with E-state index in [-0.39, 0.29) is 29.9 Å². The van der Waals surface area contributed by atoms with E-state index in [1.165, 1.54) is 30.7 Å². The Hall–Kier alpha value is -3.67. The SMILES string of the molecule is O=C(C=CCNC1CCN(C[C@H]2CN([C@H](CC3CCC3)C(=O)O)C[C@@H]2c2cccc(F)c2)CC1)OCc1ccc([N+](=O)[O-])cc1. The van der Waals surface area contributed by atoms with Gasteiger partial charge in [-0.25, -0.2) is 9.18 Å². The number of rotatable bonds is 14. The summed E-state index contributed by atoms with van der Waals surface area (Å²) in [6, 6.07) is 12.5. The number of carbonyl (C=O) groups excluding carboxylic acids is 1. The molecule has 2 heterocycles. The van der Waals surface area contributed by atoms with Crippen LogP contribution >= 0.6 is 0 Å². The average molecular weight is 623 g/mol. The number of nitrogens with one attached hydrogen (secondary N) is 1. The minimum absolute atomic E-state index is 0.0107. The maximum atomic E-state index is 14.2. The maximum absolute atomic E-state index is 14.2. The van der Waals surface area contributed by atoms with Gasteiger partial charge in [-0.15, -0.1) is 0 Å². The molecule has 1 saturated carbocycles. The van der Waals surface area contributed by atoms with Gasteiger partial charge >= 0.3 is 11.9 Å².